The van der Waals surface area contributed by atoms with Crippen LogP contribution in [0.1, 0.15) is 23.1 Å². The van der Waals surface area contributed by atoms with Gasteiger partial charge in [-0.2, -0.15) is 0 Å². The van der Waals surface area contributed by atoms with E-state index in [4.69, 9.17) is 14.2 Å². The second-order valence-electron chi connectivity index (χ2n) is 5.43. The van der Waals surface area contributed by atoms with Crippen molar-refractivity contribution in [3.05, 3.63) is 41.5 Å². The molecule has 0 saturated carbocycles. The van der Waals surface area contributed by atoms with E-state index in [1.54, 1.807) is 0 Å². The van der Waals surface area contributed by atoms with Gasteiger partial charge in [0, 0.05) is 23.6 Å². The Bertz CT molecular complexity index is 704. The fourth-order valence-corrected chi connectivity index (χ4v) is 2.75. The molecule has 0 fully saturated rings. The molecule has 0 unspecified atom stereocenters. The summed E-state index contributed by atoms with van der Waals surface area (Å²) < 4.78 is 15.6. The van der Waals surface area contributed by atoms with Gasteiger partial charge in [-0.15, -0.1) is 0 Å². The summed E-state index contributed by atoms with van der Waals surface area (Å²) in [5, 5.41) is 40.1. The van der Waals surface area contributed by atoms with E-state index >= 15 is 0 Å². The highest BCUT2D eigenvalue weighted by Gasteiger charge is 2.29. The lowest BCUT2D eigenvalue weighted by atomic mass is 9.88. The number of hydrogen-bond acceptors (Lipinski definition) is 7. The molecule has 25 heavy (non-hydrogen) atoms. The fraction of sp³-hybridized carbons (Fsp3) is 0.333. The van der Waals surface area contributed by atoms with Crippen LogP contribution in [0.4, 0.5) is 0 Å². The lowest BCUT2D eigenvalue weighted by molar-refractivity contribution is 0.104. The summed E-state index contributed by atoms with van der Waals surface area (Å²) >= 11 is 0. The molecule has 0 aromatic heterocycles. The van der Waals surface area contributed by atoms with Crippen molar-refractivity contribution in [2.75, 3.05) is 27.9 Å². The maximum absolute atomic E-state index is 10.8. The summed E-state index contributed by atoms with van der Waals surface area (Å²) in [6.07, 6.45) is -1.13. The van der Waals surface area contributed by atoms with E-state index in [0.29, 0.717) is 11.1 Å². The summed E-state index contributed by atoms with van der Waals surface area (Å²) in [5.74, 6) is -0.146. The number of rotatable bonds is 7. The van der Waals surface area contributed by atoms with Crippen LogP contribution in [0.2, 0.25) is 0 Å². The van der Waals surface area contributed by atoms with Crippen LogP contribution >= 0.6 is 0 Å². The maximum atomic E-state index is 10.8. The minimum absolute atomic E-state index is 0.0567. The van der Waals surface area contributed by atoms with Crippen LogP contribution in [-0.2, 0) is 0 Å². The van der Waals surface area contributed by atoms with Crippen LogP contribution in [0.15, 0.2) is 30.3 Å². The molecular formula is C18H22O7. The Labute approximate surface area is 145 Å². The molecule has 0 radical (unpaired) electrons. The summed E-state index contributed by atoms with van der Waals surface area (Å²) in [6.45, 7) is -0.401. The number of aromatic hydroxyl groups is 2. The zero-order chi connectivity index (χ0) is 18.6. The first kappa shape index (κ1) is 18.7. The predicted molar refractivity (Wildman–Crippen MR) is 90.7 cm³/mol. The highest BCUT2D eigenvalue weighted by Crippen LogP contribution is 2.44. The summed E-state index contributed by atoms with van der Waals surface area (Å²) in [7, 11) is 4.24. The van der Waals surface area contributed by atoms with Crippen LogP contribution in [0.25, 0.3) is 0 Å². The van der Waals surface area contributed by atoms with Crippen molar-refractivity contribution in [3.8, 4) is 28.7 Å². The van der Waals surface area contributed by atoms with Crippen molar-refractivity contribution in [2.24, 2.45) is 0 Å². The molecule has 0 spiro atoms. The van der Waals surface area contributed by atoms with Crippen LogP contribution in [0.5, 0.6) is 28.7 Å². The number of aliphatic hydroxyl groups excluding tert-OH is 2. The molecule has 2 aromatic carbocycles. The average Bonchev–Trinajstić information content (AvgIpc) is 2.62. The lowest BCUT2D eigenvalue weighted by Crippen LogP contribution is -2.17. The molecule has 0 heterocycles. The molecule has 2 atom stereocenters. The molecule has 2 aromatic rings. The molecule has 0 amide bonds. The molecule has 0 aliphatic carbocycles. The van der Waals surface area contributed by atoms with Gasteiger partial charge in [-0.3, -0.25) is 0 Å². The van der Waals surface area contributed by atoms with E-state index < -0.39 is 18.6 Å². The lowest BCUT2D eigenvalue weighted by Gasteiger charge is -2.25. The van der Waals surface area contributed by atoms with Gasteiger partial charge in [0.15, 0.2) is 11.5 Å². The van der Waals surface area contributed by atoms with Crippen molar-refractivity contribution < 1.29 is 34.6 Å². The Hall–Kier alpha value is -2.64. The van der Waals surface area contributed by atoms with Crippen molar-refractivity contribution in [3.63, 3.8) is 0 Å². The summed E-state index contributed by atoms with van der Waals surface area (Å²) in [4.78, 5) is 0. The molecule has 2 rings (SSSR count). The van der Waals surface area contributed by atoms with Crippen LogP contribution in [-0.4, -0.2) is 48.4 Å². The molecule has 0 aliphatic heterocycles. The third kappa shape index (κ3) is 3.72. The Kier molecular flexibility index (Phi) is 5.95. The van der Waals surface area contributed by atoms with Gasteiger partial charge in [0.2, 0.25) is 0 Å². The number of methoxy groups -OCH3 is 3. The van der Waals surface area contributed by atoms with Gasteiger partial charge in [-0.25, -0.2) is 0 Å². The quantitative estimate of drug-likeness (QED) is 0.604. The minimum Gasteiger partial charge on any atom is -0.508 e. The third-order valence-corrected chi connectivity index (χ3v) is 4.02. The first-order valence-electron chi connectivity index (χ1n) is 7.57. The fourth-order valence-electron chi connectivity index (χ4n) is 2.75. The number of phenols is 2. The third-order valence-electron chi connectivity index (χ3n) is 4.02. The largest absolute Gasteiger partial charge is 0.508 e. The molecule has 4 N–H and O–H groups in total. The zero-order valence-corrected chi connectivity index (χ0v) is 14.3. The molecule has 0 bridgehead atoms. The van der Waals surface area contributed by atoms with E-state index in [0.717, 1.165) is 0 Å². The molecule has 136 valence electrons. The molecule has 0 aliphatic rings. The summed E-state index contributed by atoms with van der Waals surface area (Å²) in [6, 6.07) is 7.18. The Morgan fingerprint density at radius 3 is 1.92 bits per heavy atom. The van der Waals surface area contributed by atoms with Gasteiger partial charge < -0.3 is 34.6 Å². The van der Waals surface area contributed by atoms with Crippen molar-refractivity contribution in [1.29, 1.82) is 0 Å². The second kappa shape index (κ2) is 7.96. The van der Waals surface area contributed by atoms with E-state index in [2.05, 4.69) is 0 Å². The van der Waals surface area contributed by atoms with Gasteiger partial charge in [0.25, 0.3) is 0 Å². The monoisotopic (exact) mass is 350 g/mol. The van der Waals surface area contributed by atoms with Crippen LogP contribution < -0.4 is 14.2 Å². The van der Waals surface area contributed by atoms with E-state index in [9.17, 15) is 20.4 Å². The van der Waals surface area contributed by atoms with E-state index in [-0.39, 0.29) is 28.7 Å². The number of benzene rings is 2. The smallest absolute Gasteiger partial charge is 0.160 e. The van der Waals surface area contributed by atoms with Gasteiger partial charge in [0.1, 0.15) is 17.2 Å². The van der Waals surface area contributed by atoms with E-state index in [1.807, 2.05) is 0 Å². The first-order valence-corrected chi connectivity index (χ1v) is 7.57. The zero-order valence-electron chi connectivity index (χ0n) is 14.3. The molecular weight excluding hydrogens is 328 g/mol. The first-order chi connectivity index (χ1) is 12.0. The van der Waals surface area contributed by atoms with Gasteiger partial charge in [0.05, 0.1) is 34.0 Å². The Balaban J connectivity index is 2.52. The normalized spacial score (nSPS) is 13.2. The van der Waals surface area contributed by atoms with Gasteiger partial charge in [-0.05, 0) is 17.7 Å². The van der Waals surface area contributed by atoms with Gasteiger partial charge >= 0.3 is 0 Å². The Morgan fingerprint density at radius 2 is 1.44 bits per heavy atom. The topological polar surface area (TPSA) is 109 Å². The number of ether oxygens (including phenoxy) is 3. The molecule has 7 heteroatoms. The molecule has 0 saturated heterocycles. The molecule has 7 nitrogen and oxygen atoms in total. The van der Waals surface area contributed by atoms with Crippen molar-refractivity contribution in [1.82, 2.24) is 0 Å². The van der Waals surface area contributed by atoms with E-state index in [1.165, 1.54) is 51.7 Å². The number of phenolic OH excluding ortho intramolecular Hbond substituents is 2. The highest BCUT2D eigenvalue weighted by molar-refractivity contribution is 5.53. The maximum Gasteiger partial charge on any atom is 0.160 e. The van der Waals surface area contributed by atoms with Crippen molar-refractivity contribution >= 4 is 0 Å². The number of hydrogen-bond donors (Lipinski definition) is 4. The number of aliphatic hydroxyl groups is 2. The standard InChI is InChI=1S/C18H22O7/c1-23-14-6-10(4-5-13(14)21)18(22)12(9-19)17-15(24-2)7-11(20)8-16(17)25-3/h4-8,12,18-22H,9H2,1-3H3/t12-,18-/m1/s1. The van der Waals surface area contributed by atoms with Crippen LogP contribution in [0, 0.1) is 0 Å². The van der Waals surface area contributed by atoms with Gasteiger partial charge in [-0.1, -0.05) is 6.07 Å². The minimum atomic E-state index is -1.13. The summed E-state index contributed by atoms with van der Waals surface area (Å²) in [5.41, 5.74) is 0.857. The van der Waals surface area contributed by atoms with Crippen molar-refractivity contribution in [2.45, 2.75) is 12.0 Å². The second-order valence-corrected chi connectivity index (χ2v) is 5.43. The predicted octanol–water partition coefficient (Wildman–Crippen LogP) is 1.93. The average molecular weight is 350 g/mol. The SMILES string of the molecule is COc1cc([C@@H](O)[C@H](CO)c2c(OC)cc(O)cc2OC)ccc1O. The highest BCUT2D eigenvalue weighted by atomic mass is 16.5. The van der Waals surface area contributed by atoms with Crippen LogP contribution in [0.3, 0.4) is 0 Å². The Morgan fingerprint density at radius 1 is 0.880 bits per heavy atom.